The van der Waals surface area contributed by atoms with E-state index in [1.165, 1.54) is 32.1 Å². The largest absolute Gasteiger partial charge is 0.392 e. The molecule has 4 aliphatic carbocycles. The first-order valence-corrected chi connectivity index (χ1v) is 10.2. The van der Waals surface area contributed by atoms with Crippen molar-refractivity contribution in [3.05, 3.63) is 0 Å². The van der Waals surface area contributed by atoms with Crippen molar-refractivity contribution in [1.29, 1.82) is 0 Å². The van der Waals surface area contributed by atoms with Gasteiger partial charge in [-0.25, -0.2) is 0 Å². The third kappa shape index (κ3) is 2.86. The number of aliphatic hydroxyl groups is 1. The lowest BCUT2D eigenvalue weighted by Crippen LogP contribution is -2.62. The summed E-state index contributed by atoms with van der Waals surface area (Å²) in [5.74, 6) is -0.387. The molecule has 6 unspecified atom stereocenters. The van der Waals surface area contributed by atoms with Crippen molar-refractivity contribution >= 4 is 11.6 Å². The van der Waals surface area contributed by atoms with Crippen molar-refractivity contribution in [3.8, 4) is 0 Å². The summed E-state index contributed by atoms with van der Waals surface area (Å²) in [6.07, 6.45) is 10.9. The van der Waals surface area contributed by atoms with Crippen LogP contribution in [0, 0.1) is 23.7 Å². The van der Waals surface area contributed by atoms with Gasteiger partial charge in [0.25, 0.3) is 0 Å². The molecule has 0 radical (unpaired) electrons. The van der Waals surface area contributed by atoms with E-state index < -0.39 is 12.0 Å². The maximum absolute atomic E-state index is 13.2. The number of fused-ring (bicyclic) bond motifs is 2. The SMILES string of the molecule is O=C1C2CCCCC2C(=O)C2C(NC3CCCCC3)CCC(O)C12. The summed E-state index contributed by atoms with van der Waals surface area (Å²) in [4.78, 5) is 26.3. The maximum atomic E-state index is 13.2. The molecular formula is C20H31NO3. The Morgan fingerprint density at radius 1 is 0.708 bits per heavy atom. The minimum absolute atomic E-state index is 0.0616. The molecule has 4 aliphatic rings. The normalized spacial score (nSPS) is 44.0. The second kappa shape index (κ2) is 6.87. The van der Waals surface area contributed by atoms with Crippen molar-refractivity contribution in [2.75, 3.05) is 0 Å². The first kappa shape index (κ1) is 16.7. The molecule has 0 heterocycles. The van der Waals surface area contributed by atoms with Gasteiger partial charge in [0.15, 0.2) is 0 Å². The highest BCUT2D eigenvalue weighted by Gasteiger charge is 2.56. The fourth-order valence-electron chi connectivity index (χ4n) is 6.01. The van der Waals surface area contributed by atoms with E-state index in [0.29, 0.717) is 12.5 Å². The van der Waals surface area contributed by atoms with E-state index in [1.807, 2.05) is 0 Å². The number of rotatable bonds is 2. The van der Waals surface area contributed by atoms with Gasteiger partial charge in [0.05, 0.1) is 12.0 Å². The smallest absolute Gasteiger partial charge is 0.143 e. The molecule has 0 aromatic carbocycles. The van der Waals surface area contributed by atoms with Gasteiger partial charge in [-0.3, -0.25) is 9.59 Å². The molecule has 4 heteroatoms. The van der Waals surface area contributed by atoms with E-state index in [0.717, 1.165) is 32.1 Å². The minimum Gasteiger partial charge on any atom is -0.392 e. The Hall–Kier alpha value is -0.740. The third-order valence-corrected chi connectivity index (χ3v) is 7.22. The predicted octanol–water partition coefficient (Wildman–Crippen LogP) is 2.62. The Bertz CT molecular complexity index is 499. The van der Waals surface area contributed by atoms with Crippen molar-refractivity contribution < 1.29 is 14.7 Å². The zero-order valence-electron chi connectivity index (χ0n) is 14.6. The Labute approximate surface area is 144 Å². The zero-order valence-corrected chi connectivity index (χ0v) is 14.6. The second-order valence-electron chi connectivity index (χ2n) is 8.61. The number of Topliss-reactive ketones (excluding diaryl/α,β-unsaturated/α-hetero) is 2. The number of nitrogens with one attached hydrogen (secondary N) is 1. The summed E-state index contributed by atoms with van der Waals surface area (Å²) in [6, 6.07) is 0.590. The number of carbonyl (C=O) groups excluding carboxylic acids is 2. The average Bonchev–Trinajstić information content (AvgIpc) is 2.62. The molecule has 0 aliphatic heterocycles. The van der Waals surface area contributed by atoms with Crippen LogP contribution in [0.25, 0.3) is 0 Å². The number of ketones is 2. The van der Waals surface area contributed by atoms with Crippen LogP contribution in [0.4, 0.5) is 0 Å². The van der Waals surface area contributed by atoms with Gasteiger partial charge in [-0.15, -0.1) is 0 Å². The van der Waals surface area contributed by atoms with Crippen LogP contribution in [-0.2, 0) is 9.59 Å². The number of aliphatic hydroxyl groups excluding tert-OH is 1. The highest BCUT2D eigenvalue weighted by molar-refractivity contribution is 6.00. The van der Waals surface area contributed by atoms with Crippen molar-refractivity contribution in [2.24, 2.45) is 23.7 Å². The van der Waals surface area contributed by atoms with E-state index >= 15 is 0 Å². The number of hydrogen-bond donors (Lipinski definition) is 2. The molecule has 0 aromatic rings. The van der Waals surface area contributed by atoms with Gasteiger partial charge in [0, 0.05) is 29.8 Å². The van der Waals surface area contributed by atoms with Gasteiger partial charge in [-0.2, -0.15) is 0 Å². The van der Waals surface area contributed by atoms with Gasteiger partial charge in [-0.1, -0.05) is 32.1 Å². The summed E-state index contributed by atoms with van der Waals surface area (Å²) in [6.45, 7) is 0. The lowest BCUT2D eigenvalue weighted by atomic mass is 9.56. The predicted molar refractivity (Wildman–Crippen MR) is 91.5 cm³/mol. The van der Waals surface area contributed by atoms with E-state index in [4.69, 9.17) is 0 Å². The first-order valence-electron chi connectivity index (χ1n) is 10.2. The molecule has 0 amide bonds. The quantitative estimate of drug-likeness (QED) is 0.815. The minimum atomic E-state index is -0.612. The van der Waals surface area contributed by atoms with Gasteiger partial charge in [0.2, 0.25) is 0 Å². The molecular weight excluding hydrogens is 302 g/mol. The summed E-state index contributed by atoms with van der Waals surface area (Å²) >= 11 is 0. The van der Waals surface area contributed by atoms with Crippen LogP contribution in [0.15, 0.2) is 0 Å². The zero-order chi connectivity index (χ0) is 16.7. The average molecular weight is 333 g/mol. The van der Waals surface area contributed by atoms with Crippen molar-refractivity contribution in [3.63, 3.8) is 0 Å². The Kier molecular flexibility index (Phi) is 4.79. The van der Waals surface area contributed by atoms with Crippen LogP contribution in [-0.4, -0.2) is 34.9 Å². The highest BCUT2D eigenvalue weighted by Crippen LogP contribution is 2.46. The molecule has 4 fully saturated rings. The van der Waals surface area contributed by atoms with Gasteiger partial charge in [0.1, 0.15) is 11.6 Å². The number of hydrogen-bond acceptors (Lipinski definition) is 4. The summed E-state index contributed by atoms with van der Waals surface area (Å²) in [5, 5.41) is 14.2. The van der Waals surface area contributed by atoms with E-state index in [1.54, 1.807) is 0 Å². The number of carbonyl (C=O) groups is 2. The third-order valence-electron chi connectivity index (χ3n) is 7.22. The van der Waals surface area contributed by atoms with Gasteiger partial charge < -0.3 is 10.4 Å². The molecule has 0 bridgehead atoms. The second-order valence-corrected chi connectivity index (χ2v) is 8.61. The van der Waals surface area contributed by atoms with Gasteiger partial charge in [-0.05, 0) is 38.5 Å². The lowest BCUT2D eigenvalue weighted by Gasteiger charge is -2.49. The van der Waals surface area contributed by atoms with Crippen molar-refractivity contribution in [1.82, 2.24) is 5.32 Å². The molecule has 6 atom stereocenters. The molecule has 0 spiro atoms. The maximum Gasteiger partial charge on any atom is 0.143 e. The molecule has 4 nitrogen and oxygen atoms in total. The standard InChI is InChI=1S/C20H31NO3/c22-16-11-10-15(21-12-6-2-1-3-7-12)17-18(16)20(24)14-9-5-4-8-13(14)19(17)23/h12-18,21-22H,1-11H2. The fraction of sp³-hybridized carbons (Fsp3) is 0.900. The summed E-state index contributed by atoms with van der Waals surface area (Å²) in [5.41, 5.74) is 0. The Morgan fingerprint density at radius 3 is 1.96 bits per heavy atom. The first-order chi connectivity index (χ1) is 11.7. The van der Waals surface area contributed by atoms with Gasteiger partial charge >= 0.3 is 0 Å². The van der Waals surface area contributed by atoms with E-state index in [2.05, 4.69) is 5.32 Å². The molecule has 0 saturated heterocycles. The molecule has 134 valence electrons. The van der Waals surface area contributed by atoms with E-state index in [-0.39, 0.29) is 35.4 Å². The Balaban J connectivity index is 1.56. The van der Waals surface area contributed by atoms with Crippen LogP contribution in [0.1, 0.15) is 70.6 Å². The highest BCUT2D eigenvalue weighted by atomic mass is 16.3. The van der Waals surface area contributed by atoms with Crippen LogP contribution in [0.5, 0.6) is 0 Å². The van der Waals surface area contributed by atoms with Crippen LogP contribution in [0.3, 0.4) is 0 Å². The fourth-order valence-corrected chi connectivity index (χ4v) is 6.01. The topological polar surface area (TPSA) is 66.4 Å². The monoisotopic (exact) mass is 333 g/mol. The molecule has 0 aromatic heterocycles. The van der Waals surface area contributed by atoms with Crippen molar-refractivity contribution in [2.45, 2.75) is 88.8 Å². The molecule has 4 saturated carbocycles. The molecule has 24 heavy (non-hydrogen) atoms. The van der Waals surface area contributed by atoms with Crippen LogP contribution in [0.2, 0.25) is 0 Å². The van der Waals surface area contributed by atoms with Crippen LogP contribution >= 0.6 is 0 Å². The molecule has 2 N–H and O–H groups in total. The van der Waals surface area contributed by atoms with E-state index in [9.17, 15) is 14.7 Å². The lowest BCUT2D eigenvalue weighted by molar-refractivity contribution is -0.158. The van der Waals surface area contributed by atoms with Crippen LogP contribution < -0.4 is 5.32 Å². The Morgan fingerprint density at radius 2 is 1.29 bits per heavy atom. The summed E-state index contributed by atoms with van der Waals surface area (Å²) in [7, 11) is 0. The summed E-state index contributed by atoms with van der Waals surface area (Å²) < 4.78 is 0. The molecule has 4 rings (SSSR count).